The molecule has 1 saturated carbocycles. The number of halogens is 1. The van der Waals surface area contributed by atoms with E-state index in [2.05, 4.69) is 64.0 Å². The summed E-state index contributed by atoms with van der Waals surface area (Å²) in [5.74, 6) is 0.591. The molecule has 0 saturated heterocycles. The third kappa shape index (κ3) is 5.26. The number of fused-ring (bicyclic) bond motifs is 4. The van der Waals surface area contributed by atoms with Crippen molar-refractivity contribution in [3.05, 3.63) is 76.2 Å². The summed E-state index contributed by atoms with van der Waals surface area (Å²) in [5, 5.41) is 10.8. The second-order valence-electron chi connectivity index (χ2n) is 13.4. The molecule has 1 fully saturated rings. The number of methoxy groups -OCH3 is 1. The number of benzene rings is 2. The van der Waals surface area contributed by atoms with E-state index in [0.717, 1.165) is 50.8 Å². The largest absolute Gasteiger partial charge is 0.391 e. The lowest BCUT2D eigenvalue weighted by atomic mass is 9.55. The molecule has 5 atom stereocenters. The Morgan fingerprint density at radius 2 is 1.93 bits per heavy atom. The van der Waals surface area contributed by atoms with Crippen LogP contribution in [0, 0.1) is 17.7 Å². The molecule has 0 aromatic heterocycles. The summed E-state index contributed by atoms with van der Waals surface area (Å²) in [7, 11) is 6.22. The number of ether oxygens (including phenoxy) is 1. The number of allylic oxidation sites excluding steroid dienone is 2. The van der Waals surface area contributed by atoms with Crippen molar-refractivity contribution in [2.45, 2.75) is 82.7 Å². The SMILES string of the molecule is COCC(O)CC1CCc2cc(F)ccc2C1(CC[NH+](C)CCCC1=C2CC2(C)c2ccccc2N1C)C(C)C. The molecule has 5 unspecified atom stereocenters. The summed E-state index contributed by atoms with van der Waals surface area (Å²) >= 11 is 0. The number of aryl methyl sites for hydroxylation is 1. The van der Waals surface area contributed by atoms with Crippen molar-refractivity contribution in [2.24, 2.45) is 11.8 Å². The zero-order valence-corrected chi connectivity index (χ0v) is 25.5. The van der Waals surface area contributed by atoms with Gasteiger partial charge in [-0.15, -0.1) is 0 Å². The van der Waals surface area contributed by atoms with Gasteiger partial charge in [-0.25, -0.2) is 4.39 Å². The molecule has 0 bridgehead atoms. The zero-order valence-electron chi connectivity index (χ0n) is 25.5. The Morgan fingerprint density at radius 3 is 2.67 bits per heavy atom. The molecular weight excluding hydrogens is 499 g/mol. The van der Waals surface area contributed by atoms with Gasteiger partial charge in [0, 0.05) is 49.2 Å². The summed E-state index contributed by atoms with van der Waals surface area (Å²) in [4.78, 5) is 3.99. The third-order valence-corrected chi connectivity index (χ3v) is 10.7. The predicted octanol–water partition coefficient (Wildman–Crippen LogP) is 5.43. The van der Waals surface area contributed by atoms with Crippen LogP contribution in [0.1, 0.15) is 76.0 Å². The summed E-state index contributed by atoms with van der Waals surface area (Å²) in [5.41, 5.74) is 8.65. The van der Waals surface area contributed by atoms with Crippen LogP contribution < -0.4 is 9.80 Å². The first-order valence-corrected chi connectivity index (χ1v) is 15.4. The number of anilines is 1. The van der Waals surface area contributed by atoms with Crippen LogP contribution in [0.4, 0.5) is 10.1 Å². The Kier molecular flexibility index (Phi) is 8.48. The maximum absolute atomic E-state index is 14.3. The molecular formula is C35H50FN2O2+. The molecule has 40 heavy (non-hydrogen) atoms. The first-order valence-electron chi connectivity index (χ1n) is 15.4. The molecule has 0 spiro atoms. The number of quaternary nitrogens is 1. The number of hydrogen-bond acceptors (Lipinski definition) is 3. The summed E-state index contributed by atoms with van der Waals surface area (Å²) in [6, 6.07) is 14.3. The molecule has 218 valence electrons. The molecule has 0 radical (unpaired) electrons. The Hall–Kier alpha value is -2.21. The molecule has 2 N–H and O–H groups in total. The van der Waals surface area contributed by atoms with Gasteiger partial charge in [-0.3, -0.25) is 0 Å². The predicted molar refractivity (Wildman–Crippen MR) is 162 cm³/mol. The molecule has 3 aliphatic rings. The Balaban J connectivity index is 1.27. The number of nitrogens with zero attached hydrogens (tertiary/aromatic N) is 1. The van der Waals surface area contributed by atoms with Crippen LogP contribution in [-0.4, -0.2) is 52.1 Å². The fraction of sp³-hybridized carbons (Fsp3) is 0.600. The van der Waals surface area contributed by atoms with E-state index in [1.165, 1.54) is 35.4 Å². The van der Waals surface area contributed by atoms with Gasteiger partial charge < -0.3 is 19.6 Å². The quantitative estimate of drug-likeness (QED) is 0.371. The number of rotatable bonds is 12. The molecule has 5 heteroatoms. The van der Waals surface area contributed by atoms with Crippen molar-refractivity contribution in [1.29, 1.82) is 0 Å². The Bertz CT molecular complexity index is 1240. The van der Waals surface area contributed by atoms with Gasteiger partial charge in [-0.05, 0) is 84.4 Å². The first kappa shape index (κ1) is 29.3. The topological polar surface area (TPSA) is 37.1 Å². The number of hydrogen-bond donors (Lipinski definition) is 2. The van der Waals surface area contributed by atoms with E-state index in [-0.39, 0.29) is 16.6 Å². The Morgan fingerprint density at radius 1 is 1.15 bits per heavy atom. The summed E-state index contributed by atoms with van der Waals surface area (Å²) in [6.45, 7) is 9.60. The minimum atomic E-state index is -0.472. The van der Waals surface area contributed by atoms with Gasteiger partial charge in [0.2, 0.25) is 0 Å². The number of aliphatic hydroxyl groups is 1. The van der Waals surface area contributed by atoms with E-state index in [1.807, 2.05) is 6.07 Å². The molecule has 2 aromatic rings. The van der Waals surface area contributed by atoms with E-state index >= 15 is 0 Å². The fourth-order valence-corrected chi connectivity index (χ4v) is 8.35. The maximum Gasteiger partial charge on any atom is 0.123 e. The highest BCUT2D eigenvalue weighted by Crippen LogP contribution is 2.61. The van der Waals surface area contributed by atoms with Crippen LogP contribution in [0.3, 0.4) is 0 Å². The lowest BCUT2D eigenvalue weighted by Gasteiger charge is -2.49. The lowest BCUT2D eigenvalue weighted by molar-refractivity contribution is -0.880. The molecule has 0 amide bonds. The van der Waals surface area contributed by atoms with Crippen molar-refractivity contribution in [1.82, 2.24) is 0 Å². The standard InChI is InChI=1S/C35H49FN2O2/c1-24(2)35(26(21-28(39)23-40-6)14-13-25-20-27(36)15-16-29(25)35)17-19-37(4)18-9-12-33-31-22-34(31,3)30-10-7-8-11-32(30)38(33)5/h7-8,10-11,15-16,20,24,26,28,39H,9,12-14,17-19,21-23H2,1-6H3/p+1. The highest BCUT2D eigenvalue weighted by Gasteiger charge is 2.52. The monoisotopic (exact) mass is 549 g/mol. The smallest absolute Gasteiger partial charge is 0.123 e. The Labute approximate surface area is 241 Å². The van der Waals surface area contributed by atoms with Gasteiger partial charge in [-0.1, -0.05) is 45.0 Å². The normalized spacial score (nSPS) is 26.8. The highest BCUT2D eigenvalue weighted by molar-refractivity contribution is 5.72. The van der Waals surface area contributed by atoms with Crippen molar-refractivity contribution >= 4 is 5.69 Å². The number of para-hydroxylation sites is 1. The van der Waals surface area contributed by atoms with Crippen LogP contribution in [0.2, 0.25) is 0 Å². The second kappa shape index (κ2) is 11.6. The van der Waals surface area contributed by atoms with Gasteiger partial charge in [0.15, 0.2) is 0 Å². The van der Waals surface area contributed by atoms with Crippen LogP contribution >= 0.6 is 0 Å². The number of aliphatic hydroxyl groups excluding tert-OH is 1. The van der Waals surface area contributed by atoms with Gasteiger partial charge >= 0.3 is 0 Å². The molecule has 4 nitrogen and oxygen atoms in total. The molecule has 2 aromatic carbocycles. The van der Waals surface area contributed by atoms with E-state index in [4.69, 9.17) is 4.74 Å². The van der Waals surface area contributed by atoms with Crippen LogP contribution in [-0.2, 0) is 22.0 Å². The van der Waals surface area contributed by atoms with Crippen LogP contribution in [0.5, 0.6) is 0 Å². The summed E-state index contributed by atoms with van der Waals surface area (Å²) < 4.78 is 19.5. The van der Waals surface area contributed by atoms with Crippen molar-refractivity contribution in [3.8, 4) is 0 Å². The van der Waals surface area contributed by atoms with E-state index in [1.54, 1.807) is 29.7 Å². The minimum Gasteiger partial charge on any atom is -0.391 e. The maximum atomic E-state index is 14.3. The van der Waals surface area contributed by atoms with Gasteiger partial charge in [-0.2, -0.15) is 0 Å². The average molecular weight is 550 g/mol. The van der Waals surface area contributed by atoms with Gasteiger partial charge in [0.1, 0.15) is 5.82 Å². The number of nitrogens with one attached hydrogen (secondary N) is 1. The molecule has 1 aliphatic heterocycles. The van der Waals surface area contributed by atoms with Crippen molar-refractivity contribution in [2.75, 3.05) is 45.8 Å². The zero-order chi connectivity index (χ0) is 28.7. The lowest BCUT2D eigenvalue weighted by Crippen LogP contribution is -3.09. The average Bonchev–Trinajstić information content (AvgIpc) is 3.62. The summed E-state index contributed by atoms with van der Waals surface area (Å²) in [6.07, 6.45) is 6.64. The van der Waals surface area contributed by atoms with E-state index in [0.29, 0.717) is 18.4 Å². The van der Waals surface area contributed by atoms with E-state index in [9.17, 15) is 9.50 Å². The van der Waals surface area contributed by atoms with Crippen molar-refractivity contribution < 1.29 is 19.1 Å². The van der Waals surface area contributed by atoms with Crippen LogP contribution in [0.15, 0.2) is 53.7 Å². The minimum absolute atomic E-state index is 0.0784. The van der Waals surface area contributed by atoms with Gasteiger partial charge in [0.05, 0.1) is 32.8 Å². The first-order chi connectivity index (χ1) is 19.1. The van der Waals surface area contributed by atoms with Crippen molar-refractivity contribution in [3.63, 3.8) is 0 Å². The van der Waals surface area contributed by atoms with Gasteiger partial charge in [0.25, 0.3) is 0 Å². The molecule has 2 aliphatic carbocycles. The third-order valence-electron chi connectivity index (χ3n) is 10.7. The highest BCUT2D eigenvalue weighted by atomic mass is 19.1. The fourth-order valence-electron chi connectivity index (χ4n) is 8.35. The molecule has 1 heterocycles. The van der Waals surface area contributed by atoms with Crippen LogP contribution in [0.25, 0.3) is 0 Å². The second-order valence-corrected chi connectivity index (χ2v) is 13.4. The van der Waals surface area contributed by atoms with E-state index < -0.39 is 6.10 Å². The molecule has 5 rings (SSSR count).